The topological polar surface area (TPSA) is 44.8 Å². The molecular formula is C18H31N3O2. The highest BCUT2D eigenvalue weighted by Crippen LogP contribution is 2.32. The maximum Gasteiger partial charge on any atom is 0.222 e. The minimum Gasteiger partial charge on any atom is -0.372 e. The van der Waals surface area contributed by atoms with E-state index in [-0.39, 0.29) is 5.60 Å². The maximum atomic E-state index is 12.3. The van der Waals surface area contributed by atoms with Crippen molar-refractivity contribution in [3.05, 3.63) is 0 Å². The van der Waals surface area contributed by atoms with E-state index in [1.54, 1.807) is 0 Å². The fourth-order valence-corrected chi connectivity index (χ4v) is 4.52. The molecule has 1 atom stereocenters. The van der Waals surface area contributed by atoms with Crippen LogP contribution in [-0.4, -0.2) is 73.2 Å². The van der Waals surface area contributed by atoms with Gasteiger partial charge in [-0.25, -0.2) is 0 Å². The Morgan fingerprint density at radius 2 is 1.96 bits per heavy atom. The number of hydrogen-bond acceptors (Lipinski definition) is 4. The monoisotopic (exact) mass is 321 g/mol. The fraction of sp³-hybridized carbons (Fsp3) is 0.944. The number of amides is 1. The van der Waals surface area contributed by atoms with Gasteiger partial charge in [-0.05, 0) is 44.4 Å². The van der Waals surface area contributed by atoms with Gasteiger partial charge in [-0.2, -0.15) is 0 Å². The molecule has 1 aliphatic carbocycles. The third-order valence-electron chi connectivity index (χ3n) is 6.31. The lowest BCUT2D eigenvalue weighted by Crippen LogP contribution is -2.57. The Balaban J connectivity index is 1.29. The summed E-state index contributed by atoms with van der Waals surface area (Å²) in [5.74, 6) is 1.20. The lowest BCUT2D eigenvalue weighted by Gasteiger charge is -2.46. The van der Waals surface area contributed by atoms with Gasteiger partial charge in [0.1, 0.15) is 0 Å². The van der Waals surface area contributed by atoms with Crippen LogP contribution in [0.4, 0.5) is 0 Å². The van der Waals surface area contributed by atoms with E-state index >= 15 is 0 Å². The number of likely N-dealkylation sites (tertiary alicyclic amines) is 2. The molecule has 23 heavy (non-hydrogen) atoms. The van der Waals surface area contributed by atoms with Crippen LogP contribution in [-0.2, 0) is 9.53 Å². The van der Waals surface area contributed by atoms with Crippen molar-refractivity contribution in [2.75, 3.05) is 45.9 Å². The van der Waals surface area contributed by atoms with Crippen molar-refractivity contribution in [2.24, 2.45) is 5.92 Å². The molecule has 3 saturated heterocycles. The van der Waals surface area contributed by atoms with Crippen molar-refractivity contribution in [3.63, 3.8) is 0 Å². The number of piperidine rings is 1. The molecule has 3 aliphatic heterocycles. The van der Waals surface area contributed by atoms with E-state index in [2.05, 4.69) is 15.1 Å². The minimum atomic E-state index is 0.0906. The largest absolute Gasteiger partial charge is 0.372 e. The average Bonchev–Trinajstić information content (AvgIpc) is 3.40. The van der Waals surface area contributed by atoms with Crippen LogP contribution in [0.15, 0.2) is 0 Å². The molecule has 4 aliphatic rings. The van der Waals surface area contributed by atoms with E-state index in [1.165, 1.54) is 12.8 Å². The SMILES string of the molecule is O=C1CC[C@@H](N2CCC3(CC2)CNCCO3)CCN1CC1CC1. The summed E-state index contributed by atoms with van der Waals surface area (Å²) in [7, 11) is 0. The van der Waals surface area contributed by atoms with Crippen LogP contribution in [0.1, 0.15) is 44.9 Å². The van der Waals surface area contributed by atoms with Crippen molar-refractivity contribution >= 4 is 5.91 Å². The third-order valence-corrected chi connectivity index (χ3v) is 6.31. The van der Waals surface area contributed by atoms with E-state index in [0.29, 0.717) is 11.9 Å². The Bertz CT molecular complexity index is 422. The van der Waals surface area contributed by atoms with Crippen LogP contribution in [0.5, 0.6) is 0 Å². The Morgan fingerprint density at radius 1 is 1.13 bits per heavy atom. The van der Waals surface area contributed by atoms with Gasteiger partial charge in [-0.3, -0.25) is 4.79 Å². The summed E-state index contributed by atoms with van der Waals surface area (Å²) in [5, 5.41) is 3.49. The zero-order valence-corrected chi connectivity index (χ0v) is 14.3. The average molecular weight is 321 g/mol. The molecule has 0 aromatic heterocycles. The first-order valence-electron chi connectivity index (χ1n) is 9.61. The summed E-state index contributed by atoms with van der Waals surface area (Å²) in [6.07, 6.45) is 7.88. The summed E-state index contributed by atoms with van der Waals surface area (Å²) in [6, 6.07) is 0.594. The minimum absolute atomic E-state index is 0.0906. The first-order valence-corrected chi connectivity index (χ1v) is 9.61. The predicted octanol–water partition coefficient (Wildman–Crippen LogP) is 1.23. The predicted molar refractivity (Wildman–Crippen MR) is 89.3 cm³/mol. The molecule has 1 N–H and O–H groups in total. The van der Waals surface area contributed by atoms with E-state index in [4.69, 9.17) is 4.74 Å². The molecule has 0 unspecified atom stereocenters. The normalized spacial score (nSPS) is 33.0. The molecule has 0 aromatic carbocycles. The highest BCUT2D eigenvalue weighted by molar-refractivity contribution is 5.76. The van der Waals surface area contributed by atoms with Crippen LogP contribution in [0.2, 0.25) is 0 Å². The molecule has 3 heterocycles. The van der Waals surface area contributed by atoms with Crippen molar-refractivity contribution in [2.45, 2.75) is 56.6 Å². The molecular weight excluding hydrogens is 290 g/mol. The second-order valence-electron chi connectivity index (χ2n) is 8.01. The number of rotatable bonds is 3. The van der Waals surface area contributed by atoms with Gasteiger partial charge in [0.25, 0.3) is 0 Å². The van der Waals surface area contributed by atoms with Crippen LogP contribution in [0.25, 0.3) is 0 Å². The van der Waals surface area contributed by atoms with E-state index in [0.717, 1.165) is 83.9 Å². The van der Waals surface area contributed by atoms with Crippen LogP contribution in [0, 0.1) is 5.92 Å². The van der Waals surface area contributed by atoms with Gasteiger partial charge in [-0.1, -0.05) is 0 Å². The smallest absolute Gasteiger partial charge is 0.222 e. The quantitative estimate of drug-likeness (QED) is 0.849. The summed E-state index contributed by atoms with van der Waals surface area (Å²) in [5.41, 5.74) is 0.0906. The van der Waals surface area contributed by atoms with Crippen molar-refractivity contribution in [3.8, 4) is 0 Å². The highest BCUT2D eigenvalue weighted by atomic mass is 16.5. The van der Waals surface area contributed by atoms with Crippen LogP contribution in [0.3, 0.4) is 0 Å². The number of carbonyl (C=O) groups excluding carboxylic acids is 1. The van der Waals surface area contributed by atoms with E-state index in [9.17, 15) is 4.79 Å². The highest BCUT2D eigenvalue weighted by Gasteiger charge is 2.39. The van der Waals surface area contributed by atoms with Gasteiger partial charge < -0.3 is 19.9 Å². The molecule has 5 heteroatoms. The summed E-state index contributed by atoms with van der Waals surface area (Å²) in [4.78, 5) is 17.1. The van der Waals surface area contributed by atoms with E-state index in [1.807, 2.05) is 0 Å². The molecule has 5 nitrogen and oxygen atoms in total. The van der Waals surface area contributed by atoms with Gasteiger partial charge in [0.15, 0.2) is 0 Å². The first kappa shape index (κ1) is 15.9. The second kappa shape index (κ2) is 6.69. The Morgan fingerprint density at radius 3 is 2.65 bits per heavy atom. The van der Waals surface area contributed by atoms with Gasteiger partial charge in [0.2, 0.25) is 5.91 Å². The lowest BCUT2D eigenvalue weighted by atomic mass is 9.88. The Labute approximate surface area is 139 Å². The third kappa shape index (κ3) is 3.72. The zero-order chi connectivity index (χ0) is 15.7. The fourth-order valence-electron chi connectivity index (χ4n) is 4.52. The number of ether oxygens (including phenoxy) is 1. The number of carbonyl (C=O) groups is 1. The lowest BCUT2D eigenvalue weighted by molar-refractivity contribution is -0.131. The van der Waals surface area contributed by atoms with Crippen molar-refractivity contribution in [1.82, 2.24) is 15.1 Å². The van der Waals surface area contributed by atoms with Crippen LogP contribution < -0.4 is 5.32 Å². The van der Waals surface area contributed by atoms with Gasteiger partial charge >= 0.3 is 0 Å². The Hall–Kier alpha value is -0.650. The first-order chi connectivity index (χ1) is 11.2. The molecule has 0 radical (unpaired) electrons. The van der Waals surface area contributed by atoms with Gasteiger partial charge in [0.05, 0.1) is 12.2 Å². The van der Waals surface area contributed by atoms with Crippen LogP contribution >= 0.6 is 0 Å². The standard InChI is InChI=1S/C18H31N3O2/c22-17-4-3-16(5-9-21(17)13-15-1-2-15)20-10-6-18(7-11-20)14-19-8-12-23-18/h15-16,19H,1-14H2/t16-/m1/s1. The summed E-state index contributed by atoms with van der Waals surface area (Å²) < 4.78 is 6.10. The van der Waals surface area contributed by atoms with Crippen molar-refractivity contribution < 1.29 is 9.53 Å². The number of hydrogen-bond donors (Lipinski definition) is 1. The summed E-state index contributed by atoms with van der Waals surface area (Å²) in [6.45, 7) is 7.11. The van der Waals surface area contributed by atoms with Crippen molar-refractivity contribution in [1.29, 1.82) is 0 Å². The maximum absolute atomic E-state index is 12.3. The molecule has 0 bridgehead atoms. The number of nitrogens with one attached hydrogen (secondary N) is 1. The molecule has 1 spiro atoms. The van der Waals surface area contributed by atoms with Gasteiger partial charge in [0, 0.05) is 51.7 Å². The number of nitrogens with zero attached hydrogens (tertiary/aromatic N) is 2. The molecule has 0 aromatic rings. The molecule has 4 fully saturated rings. The number of morpholine rings is 1. The Kier molecular flexibility index (Phi) is 4.61. The molecule has 1 saturated carbocycles. The molecule has 1 amide bonds. The van der Waals surface area contributed by atoms with E-state index < -0.39 is 0 Å². The molecule has 130 valence electrons. The summed E-state index contributed by atoms with van der Waals surface area (Å²) >= 11 is 0. The van der Waals surface area contributed by atoms with Gasteiger partial charge in [-0.15, -0.1) is 0 Å². The zero-order valence-electron chi connectivity index (χ0n) is 14.3. The second-order valence-corrected chi connectivity index (χ2v) is 8.01. The molecule has 4 rings (SSSR count).